The second-order valence-electron chi connectivity index (χ2n) is 1.05. The summed E-state index contributed by atoms with van der Waals surface area (Å²) in [6, 6.07) is -0.388. The van der Waals surface area contributed by atoms with E-state index >= 15 is 0 Å². The Bertz CT molecular complexity index is 62.0. The van der Waals surface area contributed by atoms with Crippen LogP contribution in [0.25, 0.3) is 0 Å². The topological polar surface area (TPSA) is 29.1 Å². The third kappa shape index (κ3) is 5.75. The Morgan fingerprint density at radius 2 is 2.50 bits per heavy atom. The molecule has 0 aromatic carbocycles. The minimum absolute atomic E-state index is 0.388. The van der Waals surface area contributed by atoms with E-state index in [1.54, 1.807) is 0 Å². The quantitative estimate of drug-likeness (QED) is 0.435. The number of thioether (sulfide) groups is 1. The number of amides is 1. The molecular weight excluding hydrogens is 129 g/mol. The van der Waals surface area contributed by atoms with Crippen molar-refractivity contribution in [2.24, 2.45) is 0 Å². The molecular formula is C4H7FNOS. The van der Waals surface area contributed by atoms with Crippen molar-refractivity contribution in [2.45, 2.75) is 0 Å². The standard InChI is InChI=1S/C4H7FNOS/c5-3-8-2-1-6-4-7/h1-3H2,(H,6,7). The summed E-state index contributed by atoms with van der Waals surface area (Å²) in [6.45, 7) is 0.498. The Kier molecular flexibility index (Phi) is 6.54. The van der Waals surface area contributed by atoms with E-state index in [9.17, 15) is 9.18 Å². The van der Waals surface area contributed by atoms with Gasteiger partial charge in [0.25, 0.3) is 0 Å². The highest BCUT2D eigenvalue weighted by Gasteiger charge is 1.83. The fourth-order valence-corrected chi connectivity index (χ4v) is 0.584. The molecule has 0 saturated carbocycles. The molecule has 47 valence electrons. The van der Waals surface area contributed by atoms with E-state index in [1.807, 2.05) is 0 Å². The molecule has 0 aliphatic carbocycles. The summed E-state index contributed by atoms with van der Waals surface area (Å²) in [5.41, 5.74) is 0. The molecule has 0 saturated heterocycles. The highest BCUT2D eigenvalue weighted by Crippen LogP contribution is 1.95. The highest BCUT2D eigenvalue weighted by atomic mass is 32.2. The van der Waals surface area contributed by atoms with Gasteiger partial charge in [-0.2, -0.15) is 0 Å². The summed E-state index contributed by atoms with van der Waals surface area (Å²) in [5, 5.41) is 2.29. The van der Waals surface area contributed by atoms with Crippen molar-refractivity contribution >= 4 is 18.2 Å². The van der Waals surface area contributed by atoms with Crippen LogP contribution in [-0.2, 0) is 4.79 Å². The number of halogens is 1. The average molecular weight is 136 g/mol. The predicted octanol–water partition coefficient (Wildman–Crippen LogP) is 0.303. The van der Waals surface area contributed by atoms with Crippen LogP contribution in [0.2, 0.25) is 0 Å². The van der Waals surface area contributed by atoms with Crippen LogP contribution in [0.4, 0.5) is 4.39 Å². The summed E-state index contributed by atoms with van der Waals surface area (Å²) < 4.78 is 11.3. The predicted molar refractivity (Wildman–Crippen MR) is 32.1 cm³/mol. The molecule has 4 heteroatoms. The van der Waals surface area contributed by atoms with Crippen LogP contribution in [0.1, 0.15) is 0 Å². The summed E-state index contributed by atoms with van der Waals surface area (Å²) >= 11 is 1.14. The molecule has 0 atom stereocenters. The number of hydrogen-bond acceptors (Lipinski definition) is 2. The van der Waals surface area contributed by atoms with Crippen molar-refractivity contribution in [1.29, 1.82) is 0 Å². The van der Waals surface area contributed by atoms with E-state index < -0.39 is 0 Å². The first-order valence-electron chi connectivity index (χ1n) is 2.15. The lowest BCUT2D eigenvalue weighted by molar-refractivity contribution is 0.544. The zero-order chi connectivity index (χ0) is 6.24. The van der Waals surface area contributed by atoms with Gasteiger partial charge in [0, 0.05) is 12.3 Å². The molecule has 0 bridgehead atoms. The van der Waals surface area contributed by atoms with Gasteiger partial charge in [-0.3, -0.25) is 4.79 Å². The number of carbonyl (C=O) groups excluding carboxylic acids is 1. The molecule has 1 N–H and O–H groups in total. The van der Waals surface area contributed by atoms with E-state index in [0.717, 1.165) is 11.8 Å². The number of nitrogens with one attached hydrogen (secondary N) is 1. The summed E-state index contributed by atoms with van der Waals surface area (Å²) in [7, 11) is 0. The third-order valence-corrected chi connectivity index (χ3v) is 1.17. The number of hydrogen-bond donors (Lipinski definition) is 1. The molecule has 0 heterocycles. The molecule has 2 nitrogen and oxygen atoms in total. The molecule has 0 aromatic heterocycles. The monoisotopic (exact) mass is 136 g/mol. The van der Waals surface area contributed by atoms with E-state index in [-0.39, 0.29) is 6.01 Å². The Labute approximate surface area is 51.8 Å². The van der Waals surface area contributed by atoms with Crippen molar-refractivity contribution in [3.8, 4) is 0 Å². The Morgan fingerprint density at radius 1 is 1.75 bits per heavy atom. The maximum Gasteiger partial charge on any atom is 0.309 e. The van der Waals surface area contributed by atoms with Crippen LogP contribution in [0, 0.1) is 0 Å². The first kappa shape index (κ1) is 7.75. The maximum absolute atomic E-state index is 11.3. The fraction of sp³-hybridized carbons (Fsp3) is 0.750. The van der Waals surface area contributed by atoms with E-state index in [0.29, 0.717) is 12.3 Å². The maximum atomic E-state index is 11.3. The van der Waals surface area contributed by atoms with E-state index in [1.165, 1.54) is 6.41 Å². The molecule has 1 amide bonds. The first-order valence-corrected chi connectivity index (χ1v) is 3.31. The van der Waals surface area contributed by atoms with Crippen LogP contribution < -0.4 is 5.32 Å². The van der Waals surface area contributed by atoms with Gasteiger partial charge in [0.1, 0.15) is 6.01 Å². The lowest BCUT2D eigenvalue weighted by atomic mass is 10.8. The van der Waals surface area contributed by atoms with Gasteiger partial charge in [0.15, 0.2) is 0 Å². The van der Waals surface area contributed by atoms with Crippen LogP contribution in [-0.4, -0.2) is 24.7 Å². The van der Waals surface area contributed by atoms with Crippen molar-refractivity contribution in [3.05, 3.63) is 0 Å². The van der Waals surface area contributed by atoms with Gasteiger partial charge in [-0.1, -0.05) is 0 Å². The molecule has 0 unspecified atom stereocenters. The van der Waals surface area contributed by atoms with Gasteiger partial charge < -0.3 is 5.32 Å². The molecule has 0 rings (SSSR count). The molecule has 0 spiro atoms. The lowest BCUT2D eigenvalue weighted by Gasteiger charge is -1.91. The van der Waals surface area contributed by atoms with Gasteiger partial charge in [-0.05, 0) is 0 Å². The molecule has 1 radical (unpaired) electrons. The Morgan fingerprint density at radius 3 is 3.00 bits per heavy atom. The van der Waals surface area contributed by atoms with Gasteiger partial charge in [-0.15, -0.1) is 11.8 Å². The van der Waals surface area contributed by atoms with Crippen molar-refractivity contribution < 1.29 is 9.18 Å². The van der Waals surface area contributed by atoms with Crippen molar-refractivity contribution in [1.82, 2.24) is 5.32 Å². The minimum Gasteiger partial charge on any atom is -0.347 e. The lowest BCUT2D eigenvalue weighted by Crippen LogP contribution is -2.13. The minimum atomic E-state index is -0.388. The van der Waals surface area contributed by atoms with Crippen molar-refractivity contribution in [3.63, 3.8) is 0 Å². The van der Waals surface area contributed by atoms with Crippen LogP contribution in [0.5, 0.6) is 0 Å². The molecule has 8 heavy (non-hydrogen) atoms. The van der Waals surface area contributed by atoms with Gasteiger partial charge in [0.2, 0.25) is 0 Å². The number of rotatable bonds is 5. The SMILES string of the molecule is O=[C]NCCSCF. The highest BCUT2D eigenvalue weighted by molar-refractivity contribution is 7.99. The Hall–Kier alpha value is -0.250. The Balaban J connectivity index is 2.62. The molecule has 0 aromatic rings. The number of alkyl halides is 1. The fourth-order valence-electron chi connectivity index (χ4n) is 0.229. The molecule has 0 aliphatic rings. The average Bonchev–Trinajstić information content (AvgIpc) is 1.81. The summed E-state index contributed by atoms with van der Waals surface area (Å²) in [4.78, 5) is 9.43. The first-order chi connectivity index (χ1) is 3.91. The normalized spacial score (nSPS) is 8.62. The van der Waals surface area contributed by atoms with Gasteiger partial charge in [0.05, 0.1) is 0 Å². The second kappa shape index (κ2) is 6.75. The second-order valence-corrected chi connectivity index (χ2v) is 2.08. The largest absolute Gasteiger partial charge is 0.347 e. The third-order valence-electron chi connectivity index (χ3n) is 0.521. The van der Waals surface area contributed by atoms with Gasteiger partial charge in [-0.25, -0.2) is 4.39 Å². The molecule has 0 aliphatic heterocycles. The summed E-state index contributed by atoms with van der Waals surface area (Å²) in [5.74, 6) is 0.617. The zero-order valence-electron chi connectivity index (χ0n) is 4.32. The van der Waals surface area contributed by atoms with Crippen LogP contribution >= 0.6 is 11.8 Å². The van der Waals surface area contributed by atoms with Crippen molar-refractivity contribution in [2.75, 3.05) is 18.3 Å². The van der Waals surface area contributed by atoms with Crippen LogP contribution in [0.3, 0.4) is 0 Å². The summed E-state index contributed by atoms with van der Waals surface area (Å²) in [6.07, 6.45) is 1.49. The zero-order valence-corrected chi connectivity index (χ0v) is 5.13. The molecule has 0 fully saturated rings. The van der Waals surface area contributed by atoms with E-state index in [4.69, 9.17) is 0 Å². The van der Waals surface area contributed by atoms with Crippen LogP contribution in [0.15, 0.2) is 0 Å². The van der Waals surface area contributed by atoms with Gasteiger partial charge >= 0.3 is 6.41 Å². The smallest absolute Gasteiger partial charge is 0.309 e. The van der Waals surface area contributed by atoms with E-state index in [2.05, 4.69) is 5.32 Å².